The summed E-state index contributed by atoms with van der Waals surface area (Å²) in [6.45, 7) is 0. The van der Waals surface area contributed by atoms with Crippen LogP contribution in [0.25, 0.3) is 0 Å². The molecule has 0 aliphatic heterocycles. The molecule has 3 rings (SSSR count). The average Bonchev–Trinajstić information content (AvgIpc) is 3.20. The van der Waals surface area contributed by atoms with Crippen LogP contribution in [0.5, 0.6) is 0 Å². The molecule has 1 fully saturated rings. The first kappa shape index (κ1) is 15.6. The molecule has 102 valence electrons. The van der Waals surface area contributed by atoms with Crippen molar-refractivity contribution < 1.29 is 0 Å². The molecule has 0 aromatic carbocycles. The lowest BCUT2D eigenvalue weighted by molar-refractivity contribution is 0.707. The summed E-state index contributed by atoms with van der Waals surface area (Å²) in [4.78, 5) is 8.11. The van der Waals surface area contributed by atoms with Gasteiger partial charge in [-0.25, -0.2) is 4.98 Å². The Hall–Kier alpha value is -0.790. The molecule has 2 aromatic heterocycles. The van der Waals surface area contributed by atoms with Crippen molar-refractivity contribution in [1.82, 2.24) is 9.97 Å². The minimum Gasteiger partial charge on any atom is -0.320 e. The zero-order chi connectivity index (χ0) is 14.6. The highest BCUT2D eigenvalue weighted by atomic mass is 127. The first-order valence-electron chi connectivity index (χ1n) is 5.96. The van der Waals surface area contributed by atoms with E-state index in [1.165, 1.54) is 0 Å². The van der Waals surface area contributed by atoms with Crippen LogP contribution in [0.1, 0.15) is 24.2 Å². The fourth-order valence-corrected chi connectivity index (χ4v) is 2.14. The summed E-state index contributed by atoms with van der Waals surface area (Å²) in [7, 11) is 0. The van der Waals surface area contributed by atoms with Crippen molar-refractivity contribution in [3.05, 3.63) is 55.2 Å². The maximum Gasteiger partial charge on any atom is 0.140 e. The molecule has 1 aliphatic rings. The standard InChI is InChI=1S/C8H9IN2.C6H3IN2/c9-6-1-2-7(11-5-6)8(10)3-4-8;7-5-1-2-6(3-8)9-4-5/h1-2,5H,3-4,10H2;1-2,4H. The Balaban J connectivity index is 0.000000151. The second kappa shape index (κ2) is 6.78. The molecular weight excluding hydrogens is 478 g/mol. The third-order valence-electron chi connectivity index (χ3n) is 2.87. The van der Waals surface area contributed by atoms with Crippen molar-refractivity contribution in [3.8, 4) is 6.07 Å². The van der Waals surface area contributed by atoms with Crippen molar-refractivity contribution in [2.24, 2.45) is 5.73 Å². The van der Waals surface area contributed by atoms with Gasteiger partial charge in [-0.2, -0.15) is 5.26 Å². The smallest absolute Gasteiger partial charge is 0.140 e. The summed E-state index contributed by atoms with van der Waals surface area (Å²) < 4.78 is 2.21. The summed E-state index contributed by atoms with van der Waals surface area (Å²) in [5.74, 6) is 0. The van der Waals surface area contributed by atoms with E-state index in [0.29, 0.717) is 5.69 Å². The van der Waals surface area contributed by atoms with E-state index >= 15 is 0 Å². The van der Waals surface area contributed by atoms with Crippen LogP contribution in [0.4, 0.5) is 0 Å². The summed E-state index contributed by atoms with van der Waals surface area (Å²) in [6, 6.07) is 9.56. The van der Waals surface area contributed by atoms with Crippen molar-refractivity contribution in [3.63, 3.8) is 0 Å². The number of halogens is 2. The van der Waals surface area contributed by atoms with Crippen molar-refractivity contribution in [1.29, 1.82) is 5.26 Å². The molecule has 4 nitrogen and oxygen atoms in total. The van der Waals surface area contributed by atoms with E-state index in [1.807, 2.05) is 24.4 Å². The maximum atomic E-state index is 8.31. The van der Waals surface area contributed by atoms with Crippen LogP contribution in [0.3, 0.4) is 0 Å². The monoisotopic (exact) mass is 490 g/mol. The summed E-state index contributed by atoms with van der Waals surface area (Å²) in [6.07, 6.45) is 5.70. The Labute approximate surface area is 145 Å². The average molecular weight is 490 g/mol. The fourth-order valence-electron chi connectivity index (χ4n) is 1.50. The largest absolute Gasteiger partial charge is 0.320 e. The van der Waals surface area contributed by atoms with Crippen molar-refractivity contribution in [2.45, 2.75) is 18.4 Å². The summed E-state index contributed by atoms with van der Waals surface area (Å²) in [5, 5.41) is 8.31. The first-order valence-corrected chi connectivity index (χ1v) is 8.12. The lowest BCUT2D eigenvalue weighted by atomic mass is 10.2. The van der Waals surface area contributed by atoms with Gasteiger partial charge in [-0.3, -0.25) is 4.98 Å². The molecule has 0 spiro atoms. The van der Waals surface area contributed by atoms with Crippen molar-refractivity contribution in [2.75, 3.05) is 0 Å². The van der Waals surface area contributed by atoms with Crippen LogP contribution in [0.2, 0.25) is 0 Å². The zero-order valence-corrected chi connectivity index (χ0v) is 14.9. The van der Waals surface area contributed by atoms with Crippen LogP contribution in [0, 0.1) is 18.5 Å². The number of aromatic nitrogens is 2. The Morgan fingerprint density at radius 3 is 2.05 bits per heavy atom. The van der Waals surface area contributed by atoms with E-state index in [1.54, 1.807) is 12.3 Å². The predicted molar refractivity (Wildman–Crippen MR) is 93.7 cm³/mol. The van der Waals surface area contributed by atoms with Gasteiger partial charge in [-0.15, -0.1) is 0 Å². The van der Waals surface area contributed by atoms with Crippen LogP contribution < -0.4 is 5.73 Å². The van der Waals surface area contributed by atoms with E-state index in [9.17, 15) is 0 Å². The molecule has 2 heterocycles. The molecule has 0 bridgehead atoms. The number of pyridine rings is 2. The SMILES string of the molecule is N#Cc1ccc(I)cn1.NC1(c2ccc(I)cn2)CC1. The van der Waals surface area contributed by atoms with Gasteiger partial charge in [0, 0.05) is 19.5 Å². The van der Waals surface area contributed by atoms with E-state index in [0.717, 1.165) is 25.7 Å². The molecule has 0 saturated heterocycles. The molecule has 1 aliphatic carbocycles. The van der Waals surface area contributed by atoms with Crippen LogP contribution >= 0.6 is 45.2 Å². The first-order chi connectivity index (χ1) is 9.53. The zero-order valence-electron chi connectivity index (χ0n) is 10.6. The van der Waals surface area contributed by atoms with Crippen molar-refractivity contribution >= 4 is 45.2 Å². The van der Waals surface area contributed by atoms with Gasteiger partial charge in [0.25, 0.3) is 0 Å². The van der Waals surface area contributed by atoms with E-state index in [2.05, 4.69) is 61.2 Å². The Bertz CT molecular complexity index is 613. The van der Waals surface area contributed by atoms with Gasteiger partial charge in [-0.1, -0.05) is 0 Å². The summed E-state index contributed by atoms with van der Waals surface area (Å²) >= 11 is 4.38. The third kappa shape index (κ3) is 4.36. The fraction of sp³-hybridized carbons (Fsp3) is 0.214. The Morgan fingerprint density at radius 2 is 1.65 bits per heavy atom. The van der Waals surface area contributed by atoms with Gasteiger partial charge in [0.1, 0.15) is 11.8 Å². The number of hydrogen-bond donors (Lipinski definition) is 1. The number of rotatable bonds is 1. The molecule has 0 amide bonds. The van der Waals surface area contributed by atoms with Crippen LogP contribution in [0.15, 0.2) is 36.7 Å². The molecule has 1 saturated carbocycles. The highest BCUT2D eigenvalue weighted by molar-refractivity contribution is 14.1. The molecule has 2 N–H and O–H groups in total. The molecule has 0 radical (unpaired) electrons. The van der Waals surface area contributed by atoms with Gasteiger partial charge in [0.2, 0.25) is 0 Å². The van der Waals surface area contributed by atoms with E-state index < -0.39 is 0 Å². The number of nitrogens with two attached hydrogens (primary N) is 1. The van der Waals surface area contributed by atoms with Gasteiger partial charge in [0.05, 0.1) is 11.2 Å². The quantitative estimate of drug-likeness (QED) is 0.624. The molecular formula is C14H12I2N4. The second-order valence-corrected chi connectivity index (χ2v) is 6.98. The van der Waals surface area contributed by atoms with E-state index in [4.69, 9.17) is 11.0 Å². The molecule has 2 aromatic rings. The lowest BCUT2D eigenvalue weighted by Gasteiger charge is -2.06. The van der Waals surface area contributed by atoms with Gasteiger partial charge >= 0.3 is 0 Å². The predicted octanol–water partition coefficient (Wildman–Crippen LogP) is 3.19. The molecule has 0 unspecified atom stereocenters. The normalized spacial score (nSPS) is 14.7. The molecule has 0 atom stereocenters. The lowest BCUT2D eigenvalue weighted by Crippen LogP contribution is -2.19. The number of nitriles is 1. The van der Waals surface area contributed by atoms with E-state index in [-0.39, 0.29) is 5.54 Å². The third-order valence-corrected chi connectivity index (χ3v) is 4.14. The number of hydrogen-bond acceptors (Lipinski definition) is 4. The van der Waals surface area contributed by atoms with Gasteiger partial charge < -0.3 is 5.73 Å². The highest BCUT2D eigenvalue weighted by Gasteiger charge is 2.41. The van der Waals surface area contributed by atoms with Gasteiger partial charge in [-0.05, 0) is 82.3 Å². The Kier molecular flexibility index (Phi) is 5.29. The molecule has 20 heavy (non-hydrogen) atoms. The molecule has 6 heteroatoms. The van der Waals surface area contributed by atoms with Gasteiger partial charge in [0.15, 0.2) is 0 Å². The Morgan fingerprint density at radius 1 is 1.05 bits per heavy atom. The van der Waals surface area contributed by atoms with Crippen LogP contribution in [-0.2, 0) is 5.54 Å². The topological polar surface area (TPSA) is 75.6 Å². The highest BCUT2D eigenvalue weighted by Crippen LogP contribution is 2.41. The minimum atomic E-state index is -0.0790. The number of nitrogens with zero attached hydrogens (tertiary/aromatic N) is 3. The van der Waals surface area contributed by atoms with Crippen LogP contribution in [-0.4, -0.2) is 9.97 Å². The maximum absolute atomic E-state index is 8.31. The summed E-state index contributed by atoms with van der Waals surface area (Å²) in [5.41, 5.74) is 7.38. The second-order valence-electron chi connectivity index (χ2n) is 4.49. The minimum absolute atomic E-state index is 0.0790.